The molecule has 0 heterocycles. The van der Waals surface area contributed by atoms with Crippen LogP contribution in [0.2, 0.25) is 0 Å². The fourth-order valence-electron chi connectivity index (χ4n) is 1.96. The summed E-state index contributed by atoms with van der Waals surface area (Å²) in [7, 11) is -10.6. The molecule has 21 heavy (non-hydrogen) atoms. The van der Waals surface area contributed by atoms with Gasteiger partial charge in [0.2, 0.25) is 0 Å². The summed E-state index contributed by atoms with van der Waals surface area (Å²) in [5.41, 5.74) is 0. The van der Waals surface area contributed by atoms with Gasteiger partial charge in [0.1, 0.15) is 0 Å². The molecule has 0 spiro atoms. The smallest absolute Gasteiger partial charge is 0.368 e. The van der Waals surface area contributed by atoms with Crippen molar-refractivity contribution in [3.8, 4) is 0 Å². The van der Waals surface area contributed by atoms with E-state index < -0.39 is 26.7 Å². The van der Waals surface area contributed by atoms with E-state index in [9.17, 15) is 14.2 Å². The van der Waals surface area contributed by atoms with Crippen molar-refractivity contribution in [2.45, 2.75) is 69.8 Å². The third kappa shape index (κ3) is 8.61. The van der Waals surface area contributed by atoms with Gasteiger partial charge in [0.15, 0.2) is 0 Å². The van der Waals surface area contributed by atoms with Crippen LogP contribution < -0.4 is 29.6 Å². The van der Waals surface area contributed by atoms with Gasteiger partial charge in [-0.2, -0.15) is 0 Å². The molecule has 0 amide bonds. The zero-order chi connectivity index (χ0) is 15.9. The molecule has 122 valence electrons. The van der Waals surface area contributed by atoms with Gasteiger partial charge in [0, 0.05) is 0 Å². The van der Waals surface area contributed by atoms with Gasteiger partial charge in [0.05, 0.1) is 0 Å². The Morgan fingerprint density at radius 2 is 1.10 bits per heavy atom. The molecule has 0 bridgehead atoms. The third-order valence-corrected chi connectivity index (χ3v) is 7.18. The van der Waals surface area contributed by atoms with E-state index in [0.29, 0.717) is 6.42 Å². The van der Waals surface area contributed by atoms with Gasteiger partial charge < -0.3 is 24.7 Å². The summed E-state index contributed by atoms with van der Waals surface area (Å²) < 4.78 is 22.2. The summed E-state index contributed by atoms with van der Waals surface area (Å²) >= 11 is 0. The summed E-state index contributed by atoms with van der Waals surface area (Å²) in [6.45, 7) is 2.12. The minimum absolute atomic E-state index is 0. The normalized spacial score (nSPS) is 13.0. The molecule has 0 aliphatic rings. The van der Waals surface area contributed by atoms with E-state index in [-0.39, 0.29) is 36.0 Å². The van der Waals surface area contributed by atoms with E-state index in [1.54, 1.807) is 0 Å². The molecule has 10 heteroatoms. The average Bonchev–Trinajstić information content (AvgIpc) is 2.29. The Morgan fingerprint density at radius 1 is 0.762 bits per heavy atom. The van der Waals surface area contributed by atoms with Crippen LogP contribution in [-0.4, -0.2) is 29.8 Å². The molecule has 0 aromatic heterocycles. The van der Waals surface area contributed by atoms with E-state index >= 15 is 0 Å². The molecular formula is C11H26NaO7P2+. The fourth-order valence-corrected chi connectivity index (χ4v) is 4.21. The molecule has 0 fully saturated rings. The van der Waals surface area contributed by atoms with Crippen molar-refractivity contribution in [2.24, 2.45) is 0 Å². The fraction of sp³-hybridized carbons (Fsp3) is 1.00. The second-order valence-electron chi connectivity index (χ2n) is 5.09. The first-order valence-corrected chi connectivity index (χ1v) is 10.1. The maximum atomic E-state index is 11.1. The zero-order valence-corrected chi connectivity index (χ0v) is 16.6. The third-order valence-electron chi connectivity index (χ3n) is 3.30. The van der Waals surface area contributed by atoms with Crippen LogP contribution in [0, 0.1) is 0 Å². The molecule has 0 atom stereocenters. The summed E-state index contributed by atoms with van der Waals surface area (Å²) in [6.07, 6.45) is 6.49. The van der Waals surface area contributed by atoms with E-state index in [2.05, 4.69) is 6.92 Å². The minimum atomic E-state index is -5.29. The molecular weight excluding hydrogens is 329 g/mol. The van der Waals surface area contributed by atoms with Crippen molar-refractivity contribution in [1.82, 2.24) is 0 Å². The van der Waals surface area contributed by atoms with Crippen molar-refractivity contribution in [3.63, 3.8) is 0 Å². The van der Waals surface area contributed by atoms with Crippen LogP contribution >= 0.6 is 15.2 Å². The van der Waals surface area contributed by atoms with Gasteiger partial charge in [-0.1, -0.05) is 51.9 Å². The van der Waals surface area contributed by atoms with Crippen molar-refractivity contribution in [1.29, 1.82) is 0 Å². The maximum Gasteiger partial charge on any atom is 1.00 e. The van der Waals surface area contributed by atoms with Gasteiger partial charge in [-0.15, -0.1) is 0 Å². The van der Waals surface area contributed by atoms with E-state index in [1.807, 2.05) is 0 Å². The number of hydrogen-bond acceptors (Lipinski definition) is 3. The van der Waals surface area contributed by atoms with Crippen LogP contribution in [0.5, 0.6) is 0 Å². The molecule has 7 nitrogen and oxygen atoms in total. The van der Waals surface area contributed by atoms with Crippen molar-refractivity contribution in [3.05, 3.63) is 0 Å². The Kier molecular flexibility index (Phi) is 12.8. The summed E-state index contributed by atoms with van der Waals surface area (Å²) in [5, 5.41) is 6.38. The van der Waals surface area contributed by atoms with E-state index in [4.69, 9.17) is 19.6 Å². The first kappa shape index (κ1) is 24.5. The zero-order valence-electron chi connectivity index (χ0n) is 12.8. The largest absolute Gasteiger partial charge is 1.00 e. The molecule has 0 saturated heterocycles. The Bertz CT molecular complexity index is 344. The van der Waals surface area contributed by atoms with E-state index in [1.165, 1.54) is 6.42 Å². The van der Waals surface area contributed by atoms with Crippen LogP contribution in [0.4, 0.5) is 0 Å². The molecule has 0 aliphatic carbocycles. The quantitative estimate of drug-likeness (QED) is 0.192. The molecule has 0 rings (SSSR count). The minimum Gasteiger partial charge on any atom is -0.368 e. The monoisotopic (exact) mass is 355 g/mol. The molecule has 0 aliphatic heterocycles. The summed E-state index contributed by atoms with van der Waals surface area (Å²) in [5.74, 6) is 0. The molecule has 5 N–H and O–H groups in total. The van der Waals surface area contributed by atoms with Gasteiger partial charge >= 0.3 is 44.7 Å². The Balaban J connectivity index is 0. The first-order valence-electron chi connectivity index (χ1n) is 6.90. The van der Waals surface area contributed by atoms with Gasteiger partial charge in [0.25, 0.3) is 5.08 Å². The van der Waals surface area contributed by atoms with E-state index in [0.717, 1.165) is 32.1 Å². The van der Waals surface area contributed by atoms with Crippen molar-refractivity contribution in [2.75, 3.05) is 0 Å². The maximum absolute atomic E-state index is 11.1. The number of rotatable bonds is 11. The Hall–Kier alpha value is 1.26. The van der Waals surface area contributed by atoms with Crippen LogP contribution in [0.25, 0.3) is 0 Å². The summed E-state index contributed by atoms with van der Waals surface area (Å²) in [6, 6.07) is 0. The molecule has 0 aromatic rings. The van der Waals surface area contributed by atoms with Crippen molar-refractivity contribution < 1.29 is 63.4 Å². The molecule has 0 unspecified atom stereocenters. The van der Waals surface area contributed by atoms with Crippen LogP contribution in [0.1, 0.15) is 64.7 Å². The van der Waals surface area contributed by atoms with Crippen LogP contribution in [-0.2, 0) is 9.13 Å². The topological polar surface area (TPSA) is 135 Å². The number of unbranched alkanes of at least 4 members (excludes halogenated alkanes) is 7. The molecule has 0 saturated carbocycles. The number of hydrogen-bond donors (Lipinski definition) is 5. The predicted molar refractivity (Wildman–Crippen MR) is 76.3 cm³/mol. The van der Waals surface area contributed by atoms with Gasteiger partial charge in [-0.05, 0) is 12.8 Å². The second-order valence-corrected chi connectivity index (χ2v) is 9.10. The van der Waals surface area contributed by atoms with Crippen molar-refractivity contribution >= 4 is 15.2 Å². The SMILES string of the molecule is CCCCCCCCCCC(O)(P(=O)(O)O)P(=O)(O)O.[Na+]. The average molecular weight is 355 g/mol. The van der Waals surface area contributed by atoms with Crippen LogP contribution in [0.15, 0.2) is 0 Å². The Morgan fingerprint density at radius 3 is 1.43 bits per heavy atom. The molecule has 0 aromatic carbocycles. The summed E-state index contributed by atoms with van der Waals surface area (Å²) in [4.78, 5) is 35.8. The second kappa shape index (κ2) is 10.9. The standard InChI is InChI=1S/C11H26O7P2.Na/c1-2-3-4-5-6-7-8-9-10-11(12,19(13,14)15)20(16,17)18;/h12H,2-10H2,1H3,(H2,13,14,15)(H2,16,17,18);/q;+1. The van der Waals surface area contributed by atoms with Gasteiger partial charge in [-0.25, -0.2) is 0 Å². The Labute approximate surface area is 148 Å². The number of aliphatic hydroxyl groups is 1. The van der Waals surface area contributed by atoms with Gasteiger partial charge in [-0.3, -0.25) is 9.13 Å². The predicted octanol–water partition coefficient (Wildman–Crippen LogP) is -0.477. The van der Waals surface area contributed by atoms with Crippen LogP contribution in [0.3, 0.4) is 0 Å². The first-order chi connectivity index (χ1) is 9.06. The molecule has 0 radical (unpaired) electrons.